The highest BCUT2D eigenvalue weighted by Crippen LogP contribution is 2.22. The van der Waals surface area contributed by atoms with Crippen molar-refractivity contribution in [1.29, 1.82) is 0 Å². The van der Waals surface area contributed by atoms with Crippen molar-refractivity contribution in [3.8, 4) is 5.75 Å². The molecule has 0 bridgehead atoms. The second-order valence-corrected chi connectivity index (χ2v) is 6.74. The Morgan fingerprint density at radius 2 is 1.96 bits per heavy atom. The van der Waals surface area contributed by atoms with E-state index in [0.29, 0.717) is 19.0 Å². The molecule has 0 atom stereocenters. The third kappa shape index (κ3) is 6.49. The van der Waals surface area contributed by atoms with Crippen LogP contribution in [-0.2, 0) is 12.0 Å². The zero-order valence-corrected chi connectivity index (χ0v) is 15.5. The van der Waals surface area contributed by atoms with Gasteiger partial charge < -0.3 is 19.8 Å². The summed E-state index contributed by atoms with van der Waals surface area (Å²) in [7, 11) is 1.74. The summed E-state index contributed by atoms with van der Waals surface area (Å²) in [6.07, 6.45) is 2.66. The molecule has 0 aliphatic rings. The maximum absolute atomic E-state index is 5.76. The molecule has 0 saturated carbocycles. The predicted octanol–water partition coefficient (Wildman–Crippen LogP) is 3.11. The van der Waals surface area contributed by atoms with Crippen LogP contribution in [0.25, 0.3) is 0 Å². The van der Waals surface area contributed by atoms with Crippen LogP contribution in [-0.4, -0.2) is 31.1 Å². The van der Waals surface area contributed by atoms with Gasteiger partial charge in [-0.2, -0.15) is 0 Å². The van der Waals surface area contributed by atoms with E-state index in [4.69, 9.17) is 9.15 Å². The molecule has 136 valence electrons. The van der Waals surface area contributed by atoms with E-state index in [0.717, 1.165) is 30.4 Å². The van der Waals surface area contributed by atoms with Crippen LogP contribution >= 0.6 is 0 Å². The van der Waals surface area contributed by atoms with E-state index in [2.05, 4.69) is 41.4 Å². The van der Waals surface area contributed by atoms with E-state index in [-0.39, 0.29) is 5.41 Å². The fourth-order valence-corrected chi connectivity index (χ4v) is 2.10. The van der Waals surface area contributed by atoms with E-state index in [1.165, 1.54) is 0 Å². The molecule has 0 saturated heterocycles. The van der Waals surface area contributed by atoms with E-state index in [9.17, 15) is 0 Å². The van der Waals surface area contributed by atoms with Gasteiger partial charge in [0.2, 0.25) is 5.89 Å². The summed E-state index contributed by atoms with van der Waals surface area (Å²) >= 11 is 0. The summed E-state index contributed by atoms with van der Waals surface area (Å²) < 4.78 is 11.4. The van der Waals surface area contributed by atoms with Gasteiger partial charge in [0.05, 0.1) is 19.3 Å². The summed E-state index contributed by atoms with van der Waals surface area (Å²) in [5, 5.41) is 6.45. The molecule has 6 nitrogen and oxygen atoms in total. The number of aliphatic imine (C=N–C) groups is 1. The lowest BCUT2D eigenvalue weighted by Gasteiger charge is -2.13. The van der Waals surface area contributed by atoms with Crippen molar-refractivity contribution in [2.75, 3.05) is 20.2 Å². The number of hydrogen-bond acceptors (Lipinski definition) is 4. The van der Waals surface area contributed by atoms with Crippen molar-refractivity contribution in [2.45, 2.75) is 39.2 Å². The summed E-state index contributed by atoms with van der Waals surface area (Å²) in [4.78, 5) is 8.50. The second kappa shape index (κ2) is 9.11. The van der Waals surface area contributed by atoms with Crippen LogP contribution < -0.4 is 15.4 Å². The molecule has 6 heteroatoms. The highest BCUT2D eigenvalue weighted by molar-refractivity contribution is 5.79. The first kappa shape index (κ1) is 18.8. The second-order valence-electron chi connectivity index (χ2n) is 6.74. The number of aromatic nitrogens is 1. The predicted molar refractivity (Wildman–Crippen MR) is 100.0 cm³/mol. The fourth-order valence-electron chi connectivity index (χ4n) is 2.10. The van der Waals surface area contributed by atoms with Gasteiger partial charge in [0.25, 0.3) is 0 Å². The van der Waals surface area contributed by atoms with Crippen LogP contribution in [0.3, 0.4) is 0 Å². The molecule has 0 spiro atoms. The minimum Gasteiger partial charge on any atom is -0.494 e. The van der Waals surface area contributed by atoms with E-state index in [1.54, 1.807) is 13.2 Å². The smallest absolute Gasteiger partial charge is 0.213 e. The molecule has 0 aliphatic carbocycles. The number of guanidine groups is 1. The van der Waals surface area contributed by atoms with Gasteiger partial charge in [-0.05, 0) is 18.6 Å². The number of ether oxygens (including phenoxy) is 1. The standard InChI is InChI=1S/C19H28N4O2/c1-19(2,3)16-13-22-17(25-16)14-23-18(20-4)21-11-8-12-24-15-9-6-5-7-10-15/h5-7,9-10,13H,8,11-12,14H2,1-4H3,(H2,20,21,23). The Balaban J connectivity index is 1.66. The van der Waals surface area contributed by atoms with Gasteiger partial charge >= 0.3 is 0 Å². The van der Waals surface area contributed by atoms with E-state index >= 15 is 0 Å². The highest BCUT2D eigenvalue weighted by atomic mass is 16.5. The normalized spacial score (nSPS) is 12.1. The Labute approximate surface area is 149 Å². The minimum atomic E-state index is -0.0378. The van der Waals surface area contributed by atoms with Crippen LogP contribution in [0.2, 0.25) is 0 Å². The highest BCUT2D eigenvalue weighted by Gasteiger charge is 2.19. The van der Waals surface area contributed by atoms with Crippen molar-refractivity contribution in [1.82, 2.24) is 15.6 Å². The summed E-state index contributed by atoms with van der Waals surface area (Å²) in [6.45, 7) is 8.22. The number of nitrogens with one attached hydrogen (secondary N) is 2. The molecule has 25 heavy (non-hydrogen) atoms. The Kier molecular flexibility index (Phi) is 6.86. The van der Waals surface area contributed by atoms with Crippen LogP contribution in [0.5, 0.6) is 5.75 Å². The molecule has 0 aliphatic heterocycles. The Morgan fingerprint density at radius 1 is 1.20 bits per heavy atom. The zero-order chi connectivity index (χ0) is 18.1. The topological polar surface area (TPSA) is 71.7 Å². The average Bonchev–Trinajstić information content (AvgIpc) is 3.07. The number of oxazole rings is 1. The third-order valence-corrected chi connectivity index (χ3v) is 3.55. The fraction of sp³-hybridized carbons (Fsp3) is 0.474. The van der Waals surface area contributed by atoms with Crippen LogP contribution in [0.1, 0.15) is 38.8 Å². The van der Waals surface area contributed by atoms with Crippen molar-refractivity contribution in [2.24, 2.45) is 4.99 Å². The van der Waals surface area contributed by atoms with Gasteiger partial charge in [-0.3, -0.25) is 4.99 Å². The average molecular weight is 344 g/mol. The van der Waals surface area contributed by atoms with Gasteiger partial charge in [-0.15, -0.1) is 0 Å². The lowest BCUT2D eigenvalue weighted by Crippen LogP contribution is -2.37. The number of nitrogens with zero attached hydrogens (tertiary/aromatic N) is 2. The molecule has 2 aromatic rings. The summed E-state index contributed by atoms with van der Waals surface area (Å²) in [5.41, 5.74) is -0.0378. The number of rotatable bonds is 7. The maximum atomic E-state index is 5.76. The molecular formula is C19H28N4O2. The van der Waals surface area contributed by atoms with Gasteiger partial charge in [0, 0.05) is 19.0 Å². The molecule has 0 unspecified atom stereocenters. The molecule has 1 aromatic carbocycles. The lowest BCUT2D eigenvalue weighted by molar-refractivity contribution is 0.311. The van der Waals surface area contributed by atoms with Crippen LogP contribution in [0.15, 0.2) is 45.9 Å². The third-order valence-electron chi connectivity index (χ3n) is 3.55. The summed E-state index contributed by atoms with van der Waals surface area (Å²) in [5.74, 6) is 3.14. The molecular weight excluding hydrogens is 316 g/mol. The van der Waals surface area contributed by atoms with Gasteiger partial charge in [0.15, 0.2) is 5.96 Å². The molecule has 1 heterocycles. The van der Waals surface area contributed by atoms with Gasteiger partial charge in [-0.1, -0.05) is 39.0 Å². The molecule has 2 N–H and O–H groups in total. The minimum absolute atomic E-state index is 0.0378. The van der Waals surface area contributed by atoms with Crippen LogP contribution in [0, 0.1) is 0 Å². The van der Waals surface area contributed by atoms with Crippen molar-refractivity contribution < 1.29 is 9.15 Å². The van der Waals surface area contributed by atoms with Crippen LogP contribution in [0.4, 0.5) is 0 Å². The number of hydrogen-bond donors (Lipinski definition) is 2. The van der Waals surface area contributed by atoms with Gasteiger partial charge in [0.1, 0.15) is 11.5 Å². The number of para-hydroxylation sites is 1. The monoisotopic (exact) mass is 344 g/mol. The molecule has 0 fully saturated rings. The first-order chi connectivity index (χ1) is 12.0. The summed E-state index contributed by atoms with van der Waals surface area (Å²) in [6, 6.07) is 9.81. The largest absolute Gasteiger partial charge is 0.494 e. The van der Waals surface area contributed by atoms with E-state index in [1.807, 2.05) is 30.3 Å². The molecule has 0 amide bonds. The number of benzene rings is 1. The molecule has 0 radical (unpaired) electrons. The Bertz CT molecular complexity index is 660. The Hall–Kier alpha value is -2.50. The van der Waals surface area contributed by atoms with Crippen molar-refractivity contribution in [3.63, 3.8) is 0 Å². The van der Waals surface area contributed by atoms with E-state index < -0.39 is 0 Å². The quantitative estimate of drug-likeness (QED) is 0.459. The maximum Gasteiger partial charge on any atom is 0.213 e. The van der Waals surface area contributed by atoms with Gasteiger partial charge in [-0.25, -0.2) is 4.98 Å². The van der Waals surface area contributed by atoms with Crippen molar-refractivity contribution in [3.05, 3.63) is 48.2 Å². The first-order valence-electron chi connectivity index (χ1n) is 8.56. The van der Waals surface area contributed by atoms with Crippen molar-refractivity contribution >= 4 is 5.96 Å². The first-order valence-corrected chi connectivity index (χ1v) is 8.56. The lowest BCUT2D eigenvalue weighted by atomic mass is 9.94. The SMILES string of the molecule is CN=C(NCCCOc1ccccc1)NCc1ncc(C(C)(C)C)o1. The molecule has 2 rings (SSSR count). The zero-order valence-electron chi connectivity index (χ0n) is 15.5. The Morgan fingerprint density at radius 3 is 2.60 bits per heavy atom. The molecule has 1 aromatic heterocycles.